The summed E-state index contributed by atoms with van der Waals surface area (Å²) in [6.45, 7) is 2.81. The number of ether oxygens (including phenoxy) is 1. The summed E-state index contributed by atoms with van der Waals surface area (Å²) in [5, 5.41) is 2.91. The Kier molecular flexibility index (Phi) is 7.63. The van der Waals surface area contributed by atoms with Gasteiger partial charge in [0.05, 0.1) is 17.6 Å². The molecule has 3 amide bonds. The number of anilines is 2. The van der Waals surface area contributed by atoms with Gasteiger partial charge in [0.15, 0.2) is 11.6 Å². The number of para-hydroxylation sites is 2. The molecule has 3 heterocycles. The number of sulfonamides is 1. The summed E-state index contributed by atoms with van der Waals surface area (Å²) in [5.74, 6) is -2.06. The zero-order valence-corrected chi connectivity index (χ0v) is 22.3. The normalized spacial score (nSPS) is 22.7. The Balaban J connectivity index is 1.16. The number of piperidine rings is 1. The molecule has 3 saturated heterocycles. The fourth-order valence-electron chi connectivity index (χ4n) is 5.60. The molecule has 0 aliphatic carbocycles. The quantitative estimate of drug-likeness (QED) is 0.555. The highest BCUT2D eigenvalue weighted by molar-refractivity contribution is 7.92. The van der Waals surface area contributed by atoms with Crippen molar-refractivity contribution >= 4 is 33.5 Å². The van der Waals surface area contributed by atoms with Crippen LogP contribution in [0.3, 0.4) is 0 Å². The lowest BCUT2D eigenvalue weighted by atomic mass is 10.0. The standard InChI is InChI=1S/C26H31F2N5O5S/c1-39(36,37)30-22-4-2-3-5-23(22)31-12-9-19(10-13-31)32-11-8-18(15-32)29-25(34)33-24(16-38-26(33)35)17-6-7-20(27)21(28)14-17/h2-7,14,18-19,24,30H,8-13,15-16H2,1H3,(H,29,34)/t18-,24-/m1/s1. The number of rotatable bonds is 6. The molecule has 39 heavy (non-hydrogen) atoms. The van der Waals surface area contributed by atoms with E-state index in [1.54, 1.807) is 12.1 Å². The van der Waals surface area contributed by atoms with E-state index in [1.807, 2.05) is 12.1 Å². The zero-order valence-electron chi connectivity index (χ0n) is 21.5. The number of imide groups is 1. The number of nitrogens with zero attached hydrogens (tertiary/aromatic N) is 3. The summed E-state index contributed by atoms with van der Waals surface area (Å²) in [6, 6.07) is 9.30. The minimum Gasteiger partial charge on any atom is -0.446 e. The third-order valence-corrected chi connectivity index (χ3v) is 8.08. The molecule has 2 atom stereocenters. The summed E-state index contributed by atoms with van der Waals surface area (Å²) >= 11 is 0. The Morgan fingerprint density at radius 3 is 2.49 bits per heavy atom. The van der Waals surface area contributed by atoms with Crippen LogP contribution in [-0.4, -0.2) is 81.5 Å². The van der Waals surface area contributed by atoms with E-state index < -0.39 is 39.8 Å². The van der Waals surface area contributed by atoms with Crippen molar-refractivity contribution in [3.63, 3.8) is 0 Å². The molecule has 5 rings (SSSR count). The van der Waals surface area contributed by atoms with Crippen molar-refractivity contribution in [2.24, 2.45) is 0 Å². The number of halogens is 2. The van der Waals surface area contributed by atoms with Crippen LogP contribution >= 0.6 is 0 Å². The molecule has 3 aliphatic heterocycles. The van der Waals surface area contributed by atoms with Crippen molar-refractivity contribution in [3.8, 4) is 0 Å². The summed E-state index contributed by atoms with van der Waals surface area (Å²) in [4.78, 5) is 30.8. The first-order valence-corrected chi connectivity index (χ1v) is 14.8. The maximum Gasteiger partial charge on any atom is 0.418 e. The van der Waals surface area contributed by atoms with Gasteiger partial charge in [0.1, 0.15) is 12.6 Å². The molecule has 0 spiro atoms. The fraction of sp³-hybridized carbons (Fsp3) is 0.462. The van der Waals surface area contributed by atoms with Gasteiger partial charge in [-0.25, -0.2) is 31.7 Å². The van der Waals surface area contributed by atoms with Gasteiger partial charge in [-0.05, 0) is 49.1 Å². The van der Waals surface area contributed by atoms with Crippen LogP contribution in [0.25, 0.3) is 0 Å². The van der Waals surface area contributed by atoms with Gasteiger partial charge in [-0.1, -0.05) is 18.2 Å². The number of carbonyl (C=O) groups excluding carboxylic acids is 2. The predicted molar refractivity (Wildman–Crippen MR) is 141 cm³/mol. The Morgan fingerprint density at radius 1 is 1.03 bits per heavy atom. The molecule has 13 heteroatoms. The molecule has 0 bridgehead atoms. The number of benzene rings is 2. The first kappa shape index (κ1) is 27.1. The number of cyclic esters (lactones) is 1. The van der Waals surface area contributed by atoms with Crippen LogP contribution in [0.2, 0.25) is 0 Å². The maximum absolute atomic E-state index is 13.8. The molecule has 2 aromatic carbocycles. The number of hydrogen-bond donors (Lipinski definition) is 2. The Morgan fingerprint density at radius 2 is 1.77 bits per heavy atom. The van der Waals surface area contributed by atoms with Crippen LogP contribution in [0.4, 0.5) is 29.7 Å². The highest BCUT2D eigenvalue weighted by Gasteiger charge is 2.41. The third-order valence-electron chi connectivity index (χ3n) is 7.49. The van der Waals surface area contributed by atoms with Crippen LogP contribution in [-0.2, 0) is 14.8 Å². The number of nitrogens with one attached hydrogen (secondary N) is 2. The van der Waals surface area contributed by atoms with E-state index in [0.29, 0.717) is 24.7 Å². The van der Waals surface area contributed by atoms with E-state index in [4.69, 9.17) is 4.74 Å². The van der Waals surface area contributed by atoms with Gasteiger partial charge >= 0.3 is 12.1 Å². The lowest BCUT2D eigenvalue weighted by molar-refractivity contribution is 0.156. The summed E-state index contributed by atoms with van der Waals surface area (Å²) in [7, 11) is -3.39. The van der Waals surface area contributed by atoms with Crippen molar-refractivity contribution in [1.82, 2.24) is 15.1 Å². The minimum atomic E-state index is -3.39. The van der Waals surface area contributed by atoms with Gasteiger partial charge in [-0.15, -0.1) is 0 Å². The Bertz CT molecular complexity index is 1350. The largest absolute Gasteiger partial charge is 0.446 e. The van der Waals surface area contributed by atoms with Gasteiger partial charge in [0.25, 0.3) is 0 Å². The second-order valence-corrected chi connectivity index (χ2v) is 11.9. The van der Waals surface area contributed by atoms with E-state index in [9.17, 15) is 26.8 Å². The molecule has 2 N–H and O–H groups in total. The number of hydrogen-bond acceptors (Lipinski definition) is 7. The maximum atomic E-state index is 13.8. The number of carbonyl (C=O) groups is 2. The topological polar surface area (TPSA) is 111 Å². The average Bonchev–Trinajstić information content (AvgIpc) is 3.52. The number of urea groups is 1. The summed E-state index contributed by atoms with van der Waals surface area (Å²) in [5.41, 5.74) is 1.69. The molecule has 210 valence electrons. The Hall–Kier alpha value is -3.45. The zero-order chi connectivity index (χ0) is 27.7. The van der Waals surface area contributed by atoms with Crippen LogP contribution < -0.4 is 14.9 Å². The van der Waals surface area contributed by atoms with Crippen molar-refractivity contribution in [3.05, 3.63) is 59.7 Å². The number of amides is 3. The van der Waals surface area contributed by atoms with E-state index in [2.05, 4.69) is 19.8 Å². The first-order chi connectivity index (χ1) is 18.6. The molecule has 2 aromatic rings. The molecule has 0 radical (unpaired) electrons. The van der Waals surface area contributed by atoms with E-state index in [0.717, 1.165) is 61.5 Å². The summed E-state index contributed by atoms with van der Waals surface area (Å²) in [6.07, 6.45) is 2.78. The van der Waals surface area contributed by atoms with Crippen LogP contribution in [0.5, 0.6) is 0 Å². The van der Waals surface area contributed by atoms with E-state index >= 15 is 0 Å². The molecule has 0 aromatic heterocycles. The van der Waals surface area contributed by atoms with E-state index in [-0.39, 0.29) is 18.2 Å². The van der Waals surface area contributed by atoms with Crippen LogP contribution in [0.1, 0.15) is 30.9 Å². The van der Waals surface area contributed by atoms with Gasteiger partial charge in [-0.3, -0.25) is 9.62 Å². The predicted octanol–water partition coefficient (Wildman–Crippen LogP) is 3.28. The molecule has 3 aliphatic rings. The van der Waals surface area contributed by atoms with Crippen molar-refractivity contribution in [1.29, 1.82) is 0 Å². The molecule has 3 fully saturated rings. The number of likely N-dealkylation sites (tertiary alicyclic amines) is 1. The van der Waals surface area contributed by atoms with Crippen molar-refractivity contribution in [2.45, 2.75) is 37.4 Å². The molecule has 0 unspecified atom stereocenters. The van der Waals surface area contributed by atoms with Gasteiger partial charge < -0.3 is 15.0 Å². The van der Waals surface area contributed by atoms with Gasteiger partial charge in [-0.2, -0.15) is 0 Å². The van der Waals surface area contributed by atoms with Crippen LogP contribution in [0, 0.1) is 11.6 Å². The van der Waals surface area contributed by atoms with Gasteiger partial charge in [0, 0.05) is 38.3 Å². The van der Waals surface area contributed by atoms with E-state index in [1.165, 1.54) is 6.07 Å². The first-order valence-electron chi connectivity index (χ1n) is 12.9. The monoisotopic (exact) mass is 563 g/mol. The SMILES string of the molecule is CS(=O)(=O)Nc1ccccc1N1CCC(N2CC[C@@H](NC(=O)N3C(=O)OC[C@@H]3c3ccc(F)c(F)c3)C2)CC1. The fourth-order valence-corrected chi connectivity index (χ4v) is 6.17. The minimum absolute atomic E-state index is 0.129. The Labute approximate surface area is 225 Å². The highest BCUT2D eigenvalue weighted by Crippen LogP contribution is 2.32. The van der Waals surface area contributed by atoms with Crippen molar-refractivity contribution < 1.29 is 31.5 Å². The second kappa shape index (κ2) is 11.0. The van der Waals surface area contributed by atoms with Crippen molar-refractivity contribution in [2.75, 3.05) is 48.7 Å². The molecule has 0 saturated carbocycles. The molecular formula is C26H31F2N5O5S. The lowest BCUT2D eigenvalue weighted by Crippen LogP contribution is -2.48. The van der Waals surface area contributed by atoms with Gasteiger partial charge in [0.2, 0.25) is 10.0 Å². The molecular weight excluding hydrogens is 532 g/mol. The van der Waals surface area contributed by atoms with Crippen LogP contribution in [0.15, 0.2) is 42.5 Å². The average molecular weight is 564 g/mol. The lowest BCUT2D eigenvalue weighted by Gasteiger charge is -2.38. The molecule has 10 nitrogen and oxygen atoms in total. The smallest absolute Gasteiger partial charge is 0.418 e. The highest BCUT2D eigenvalue weighted by atomic mass is 32.2. The summed E-state index contributed by atoms with van der Waals surface area (Å²) < 4.78 is 58.3. The third kappa shape index (κ3) is 6.09. The second-order valence-electron chi connectivity index (χ2n) is 10.2.